The van der Waals surface area contributed by atoms with E-state index in [1.54, 1.807) is 11.8 Å². The predicted octanol–water partition coefficient (Wildman–Crippen LogP) is 0.667. The van der Waals surface area contributed by atoms with Crippen LogP contribution in [0.5, 0.6) is 0 Å². The fourth-order valence-electron chi connectivity index (χ4n) is 0.990. The Morgan fingerprint density at radius 1 is 1.69 bits per heavy atom. The number of carboxylic acids is 1. The number of hydrogen-bond donors (Lipinski definition) is 2. The first kappa shape index (κ1) is 13.0. The molecule has 0 aliphatic carbocycles. The zero-order valence-electron chi connectivity index (χ0n) is 9.05. The molecule has 0 saturated carbocycles. The third-order valence-corrected chi connectivity index (χ3v) is 2.92. The van der Waals surface area contributed by atoms with Crippen molar-refractivity contribution >= 4 is 17.7 Å². The Bertz CT molecular complexity index is 342. The summed E-state index contributed by atoms with van der Waals surface area (Å²) in [5, 5.41) is 12.3. The predicted molar refractivity (Wildman–Crippen MR) is 60.1 cm³/mol. The highest BCUT2D eigenvalue weighted by Gasteiger charge is 2.11. The van der Waals surface area contributed by atoms with E-state index >= 15 is 0 Å². The number of nitrogens with two attached hydrogens (primary N) is 1. The Labute approximate surface area is 97.6 Å². The molecule has 0 radical (unpaired) electrons. The molecule has 1 aromatic rings. The fourth-order valence-corrected chi connectivity index (χ4v) is 1.85. The molecule has 90 valence electrons. The quantitative estimate of drug-likeness (QED) is 0.680. The normalized spacial score (nSPS) is 12.6. The molecule has 16 heavy (non-hydrogen) atoms. The number of hydrogen-bond acceptors (Lipinski definition) is 6. The monoisotopic (exact) mass is 245 g/mol. The van der Waals surface area contributed by atoms with Crippen molar-refractivity contribution in [1.29, 1.82) is 0 Å². The Balaban J connectivity index is 2.18. The maximum Gasteiger partial charge on any atom is 0.320 e. The van der Waals surface area contributed by atoms with Gasteiger partial charge in [-0.2, -0.15) is 16.7 Å². The van der Waals surface area contributed by atoms with Crippen molar-refractivity contribution in [1.82, 2.24) is 10.1 Å². The zero-order valence-corrected chi connectivity index (χ0v) is 9.87. The summed E-state index contributed by atoms with van der Waals surface area (Å²) in [6, 6.07) is -0.788. The number of rotatable bonds is 7. The smallest absolute Gasteiger partial charge is 0.320 e. The van der Waals surface area contributed by atoms with Crippen LogP contribution in [0.4, 0.5) is 0 Å². The van der Waals surface area contributed by atoms with Crippen molar-refractivity contribution in [3.05, 3.63) is 11.7 Å². The molecule has 0 saturated heterocycles. The Kier molecular flexibility index (Phi) is 5.27. The molecule has 1 aromatic heterocycles. The maximum atomic E-state index is 10.4. The molecular formula is C9H15N3O3S. The lowest BCUT2D eigenvalue weighted by Crippen LogP contribution is -2.30. The molecule has 0 aliphatic rings. The first-order valence-electron chi connectivity index (χ1n) is 5.01. The highest BCUT2D eigenvalue weighted by atomic mass is 32.2. The molecule has 6 nitrogen and oxygen atoms in total. The summed E-state index contributed by atoms with van der Waals surface area (Å²) in [5.74, 6) is 1.59. The topological polar surface area (TPSA) is 102 Å². The summed E-state index contributed by atoms with van der Waals surface area (Å²) >= 11 is 1.55. The van der Waals surface area contributed by atoms with Crippen LogP contribution in [0.2, 0.25) is 0 Å². The molecule has 1 rings (SSSR count). The van der Waals surface area contributed by atoms with E-state index in [4.69, 9.17) is 15.4 Å². The maximum absolute atomic E-state index is 10.4. The van der Waals surface area contributed by atoms with E-state index in [-0.39, 0.29) is 0 Å². The van der Waals surface area contributed by atoms with Crippen LogP contribution in [-0.2, 0) is 17.0 Å². The van der Waals surface area contributed by atoms with Gasteiger partial charge in [0.15, 0.2) is 5.82 Å². The largest absolute Gasteiger partial charge is 0.480 e. The van der Waals surface area contributed by atoms with Gasteiger partial charge >= 0.3 is 5.97 Å². The van der Waals surface area contributed by atoms with Crippen molar-refractivity contribution in [2.45, 2.75) is 31.6 Å². The van der Waals surface area contributed by atoms with E-state index in [2.05, 4.69) is 10.1 Å². The van der Waals surface area contributed by atoms with Crippen molar-refractivity contribution in [2.24, 2.45) is 5.73 Å². The van der Waals surface area contributed by atoms with Crippen LogP contribution in [0, 0.1) is 0 Å². The molecule has 7 heteroatoms. The van der Waals surface area contributed by atoms with Gasteiger partial charge in [0, 0.05) is 6.42 Å². The Morgan fingerprint density at radius 2 is 2.44 bits per heavy atom. The van der Waals surface area contributed by atoms with E-state index in [0.29, 0.717) is 29.6 Å². The lowest BCUT2D eigenvalue weighted by Gasteiger charge is -2.04. The molecule has 0 aromatic carbocycles. The standard InChI is InChI=1S/C9H15N3O3S/c1-2-8-11-7(12-15-8)5-16-4-3-6(10)9(13)14/h6H,2-5,10H2,1H3,(H,13,14). The minimum absolute atomic E-state index is 0.443. The van der Waals surface area contributed by atoms with Crippen molar-refractivity contribution in [2.75, 3.05) is 5.75 Å². The van der Waals surface area contributed by atoms with Gasteiger partial charge in [-0.3, -0.25) is 4.79 Å². The first-order valence-corrected chi connectivity index (χ1v) is 6.16. The van der Waals surface area contributed by atoms with Crippen LogP contribution in [-0.4, -0.2) is 33.0 Å². The second kappa shape index (κ2) is 6.49. The van der Waals surface area contributed by atoms with Crippen LogP contribution in [0.3, 0.4) is 0 Å². The average molecular weight is 245 g/mol. The SMILES string of the molecule is CCc1nc(CSCCC(N)C(=O)O)no1. The van der Waals surface area contributed by atoms with Crippen molar-refractivity contribution in [3.8, 4) is 0 Å². The van der Waals surface area contributed by atoms with Crippen LogP contribution in [0.25, 0.3) is 0 Å². The highest BCUT2D eigenvalue weighted by Crippen LogP contribution is 2.11. The summed E-state index contributed by atoms with van der Waals surface area (Å²) in [6.45, 7) is 1.94. The van der Waals surface area contributed by atoms with Crippen molar-refractivity contribution in [3.63, 3.8) is 0 Å². The Morgan fingerprint density at radius 3 is 3.00 bits per heavy atom. The summed E-state index contributed by atoms with van der Waals surface area (Å²) in [4.78, 5) is 14.6. The molecule has 0 aliphatic heterocycles. The van der Waals surface area contributed by atoms with E-state index in [0.717, 1.165) is 6.42 Å². The van der Waals surface area contributed by atoms with Gasteiger partial charge in [-0.05, 0) is 12.2 Å². The summed E-state index contributed by atoms with van der Waals surface area (Å²) in [5.41, 5.74) is 5.36. The lowest BCUT2D eigenvalue weighted by atomic mass is 10.2. The van der Waals surface area contributed by atoms with Crippen LogP contribution in [0.1, 0.15) is 25.1 Å². The molecule has 0 amide bonds. The zero-order chi connectivity index (χ0) is 12.0. The first-order chi connectivity index (χ1) is 7.63. The minimum Gasteiger partial charge on any atom is -0.480 e. The molecule has 3 N–H and O–H groups in total. The number of carboxylic acid groups (broad SMARTS) is 1. The van der Waals surface area contributed by atoms with Gasteiger partial charge in [0.1, 0.15) is 6.04 Å². The van der Waals surface area contributed by atoms with E-state index in [1.165, 1.54) is 0 Å². The van der Waals surface area contributed by atoms with Crippen LogP contribution < -0.4 is 5.73 Å². The molecule has 0 spiro atoms. The van der Waals surface area contributed by atoms with Gasteiger partial charge in [-0.25, -0.2) is 0 Å². The molecule has 0 bridgehead atoms. The molecule has 1 unspecified atom stereocenters. The fraction of sp³-hybridized carbons (Fsp3) is 0.667. The minimum atomic E-state index is -0.964. The number of carbonyl (C=O) groups is 1. The second-order valence-electron chi connectivity index (χ2n) is 3.24. The van der Waals surface area contributed by atoms with Crippen LogP contribution >= 0.6 is 11.8 Å². The summed E-state index contributed by atoms with van der Waals surface area (Å²) in [7, 11) is 0. The molecule has 0 fully saturated rings. The van der Waals surface area contributed by atoms with Gasteiger partial charge in [0.05, 0.1) is 5.75 Å². The van der Waals surface area contributed by atoms with Gasteiger partial charge in [-0.1, -0.05) is 12.1 Å². The van der Waals surface area contributed by atoms with Gasteiger partial charge < -0.3 is 15.4 Å². The van der Waals surface area contributed by atoms with Gasteiger partial charge in [0.25, 0.3) is 0 Å². The molecular weight excluding hydrogens is 230 g/mol. The van der Waals surface area contributed by atoms with Crippen molar-refractivity contribution < 1.29 is 14.4 Å². The van der Waals surface area contributed by atoms with E-state index in [1.807, 2.05) is 6.92 Å². The van der Waals surface area contributed by atoms with Crippen LogP contribution in [0.15, 0.2) is 4.52 Å². The highest BCUT2D eigenvalue weighted by molar-refractivity contribution is 7.98. The molecule has 1 heterocycles. The van der Waals surface area contributed by atoms with E-state index in [9.17, 15) is 4.79 Å². The number of nitrogens with zero attached hydrogens (tertiary/aromatic N) is 2. The lowest BCUT2D eigenvalue weighted by molar-refractivity contribution is -0.138. The second-order valence-corrected chi connectivity index (χ2v) is 4.35. The van der Waals surface area contributed by atoms with Gasteiger partial charge in [0.2, 0.25) is 5.89 Å². The third-order valence-electron chi connectivity index (χ3n) is 1.93. The summed E-state index contributed by atoms with van der Waals surface area (Å²) < 4.78 is 4.94. The third kappa shape index (κ3) is 4.19. The number of aryl methyl sites for hydroxylation is 1. The number of aliphatic carboxylic acids is 1. The Hall–Kier alpha value is -1.08. The summed E-state index contributed by atoms with van der Waals surface area (Å²) in [6.07, 6.45) is 1.17. The number of thioether (sulfide) groups is 1. The number of aromatic nitrogens is 2. The van der Waals surface area contributed by atoms with Gasteiger partial charge in [-0.15, -0.1) is 0 Å². The van der Waals surface area contributed by atoms with E-state index < -0.39 is 12.0 Å². The average Bonchev–Trinajstić information content (AvgIpc) is 2.71. The molecule has 1 atom stereocenters.